The van der Waals surface area contributed by atoms with E-state index in [9.17, 15) is 13.2 Å². The lowest BCUT2D eigenvalue weighted by molar-refractivity contribution is 0.0917. The molecule has 2 N–H and O–H groups in total. The van der Waals surface area contributed by atoms with Gasteiger partial charge in [-0.25, -0.2) is 8.42 Å². The highest BCUT2D eigenvalue weighted by Gasteiger charge is 2.20. The van der Waals surface area contributed by atoms with Crippen LogP contribution in [0.5, 0.6) is 0 Å². The van der Waals surface area contributed by atoms with Gasteiger partial charge in [-0.15, -0.1) is 0 Å². The van der Waals surface area contributed by atoms with Crippen molar-refractivity contribution in [2.45, 2.75) is 30.7 Å². The lowest BCUT2D eigenvalue weighted by atomic mass is 10.0. The summed E-state index contributed by atoms with van der Waals surface area (Å²) in [6, 6.07) is 13.4. The fourth-order valence-corrected chi connectivity index (χ4v) is 4.30. The van der Waals surface area contributed by atoms with Crippen LogP contribution in [-0.4, -0.2) is 45.4 Å². The number of likely N-dealkylation sites (tertiary alicyclic amines) is 1. The Bertz CT molecular complexity index is 905. The molecule has 0 aliphatic carbocycles. The van der Waals surface area contributed by atoms with Gasteiger partial charge < -0.3 is 10.2 Å². The van der Waals surface area contributed by atoms with E-state index in [1.54, 1.807) is 55.5 Å². The van der Waals surface area contributed by atoms with Crippen LogP contribution in [0, 0.1) is 6.92 Å². The number of hydrogen-bond acceptors (Lipinski definition) is 4. The van der Waals surface area contributed by atoms with Crippen molar-refractivity contribution in [2.75, 3.05) is 24.9 Å². The Morgan fingerprint density at radius 3 is 2.37 bits per heavy atom. The van der Waals surface area contributed by atoms with E-state index >= 15 is 0 Å². The lowest BCUT2D eigenvalue weighted by Crippen LogP contribution is -2.43. The monoisotopic (exact) mass is 387 g/mol. The summed E-state index contributed by atoms with van der Waals surface area (Å²) in [5.74, 6) is -0.120. The van der Waals surface area contributed by atoms with Crippen molar-refractivity contribution >= 4 is 21.6 Å². The van der Waals surface area contributed by atoms with Crippen LogP contribution < -0.4 is 10.0 Å². The molecule has 6 nitrogen and oxygen atoms in total. The molecular weight excluding hydrogens is 362 g/mol. The number of aryl methyl sites for hydroxylation is 1. The number of benzene rings is 2. The minimum atomic E-state index is -3.65. The summed E-state index contributed by atoms with van der Waals surface area (Å²) in [5.41, 5.74) is 1.70. The minimum absolute atomic E-state index is 0.120. The SMILES string of the molecule is Cc1cc(C(=O)NC2CCN(C)CC2)ccc1NS(=O)(=O)c1ccccc1. The fraction of sp³-hybridized carbons (Fsp3) is 0.350. The first kappa shape index (κ1) is 19.4. The zero-order chi connectivity index (χ0) is 19.4. The third kappa shape index (κ3) is 4.87. The molecule has 2 aromatic rings. The maximum absolute atomic E-state index is 12.5. The number of amides is 1. The second-order valence-corrected chi connectivity index (χ2v) is 8.68. The smallest absolute Gasteiger partial charge is 0.261 e. The van der Waals surface area contributed by atoms with Crippen LogP contribution >= 0.6 is 0 Å². The van der Waals surface area contributed by atoms with Gasteiger partial charge in [-0.3, -0.25) is 9.52 Å². The zero-order valence-electron chi connectivity index (χ0n) is 15.6. The highest BCUT2D eigenvalue weighted by Crippen LogP contribution is 2.21. The second kappa shape index (κ2) is 8.10. The molecule has 1 amide bonds. The average Bonchev–Trinajstić information content (AvgIpc) is 2.66. The van der Waals surface area contributed by atoms with Crippen molar-refractivity contribution < 1.29 is 13.2 Å². The minimum Gasteiger partial charge on any atom is -0.349 e. The summed E-state index contributed by atoms with van der Waals surface area (Å²) in [6.07, 6.45) is 1.88. The third-order valence-corrected chi connectivity index (χ3v) is 6.22. The predicted molar refractivity (Wildman–Crippen MR) is 106 cm³/mol. The van der Waals surface area contributed by atoms with E-state index in [4.69, 9.17) is 0 Å². The van der Waals surface area contributed by atoms with Gasteiger partial charge in [0.05, 0.1) is 10.6 Å². The van der Waals surface area contributed by atoms with Gasteiger partial charge in [-0.2, -0.15) is 0 Å². The molecule has 2 aromatic carbocycles. The molecule has 1 aliphatic rings. The summed E-state index contributed by atoms with van der Waals surface area (Å²) in [6.45, 7) is 3.74. The van der Waals surface area contributed by atoms with Crippen LogP contribution in [-0.2, 0) is 10.0 Å². The number of hydrogen-bond donors (Lipinski definition) is 2. The number of carbonyl (C=O) groups excluding carboxylic acids is 1. The van der Waals surface area contributed by atoms with Gasteiger partial charge in [-0.1, -0.05) is 18.2 Å². The van der Waals surface area contributed by atoms with Gasteiger partial charge >= 0.3 is 0 Å². The van der Waals surface area contributed by atoms with Crippen LogP contribution in [0.25, 0.3) is 0 Å². The Morgan fingerprint density at radius 2 is 1.74 bits per heavy atom. The molecule has 144 valence electrons. The summed E-state index contributed by atoms with van der Waals surface area (Å²) in [4.78, 5) is 15.0. The van der Waals surface area contributed by atoms with Crippen molar-refractivity contribution in [3.63, 3.8) is 0 Å². The van der Waals surface area contributed by atoms with Gasteiger partial charge in [0, 0.05) is 11.6 Å². The van der Waals surface area contributed by atoms with Gasteiger partial charge in [0.15, 0.2) is 0 Å². The second-order valence-electron chi connectivity index (χ2n) is 7.00. The average molecular weight is 388 g/mol. The third-order valence-electron chi connectivity index (χ3n) is 4.84. The number of nitrogens with one attached hydrogen (secondary N) is 2. The van der Waals surface area contributed by atoms with Crippen molar-refractivity contribution in [1.82, 2.24) is 10.2 Å². The van der Waals surface area contributed by atoms with Crippen LogP contribution in [0.4, 0.5) is 5.69 Å². The fourth-order valence-electron chi connectivity index (χ4n) is 3.14. The molecule has 0 radical (unpaired) electrons. The Labute approximate surface area is 160 Å². The molecule has 1 saturated heterocycles. The predicted octanol–water partition coefficient (Wildman–Crippen LogP) is 2.62. The van der Waals surface area contributed by atoms with Crippen molar-refractivity contribution in [1.29, 1.82) is 0 Å². The van der Waals surface area contributed by atoms with Crippen LogP contribution in [0.2, 0.25) is 0 Å². The topological polar surface area (TPSA) is 78.5 Å². The number of piperidine rings is 1. The number of nitrogens with zero attached hydrogens (tertiary/aromatic N) is 1. The number of anilines is 1. The van der Waals surface area contributed by atoms with E-state index in [1.807, 2.05) is 0 Å². The summed E-state index contributed by atoms with van der Waals surface area (Å²) in [7, 11) is -1.57. The van der Waals surface area contributed by atoms with Crippen LogP contribution in [0.3, 0.4) is 0 Å². The zero-order valence-corrected chi connectivity index (χ0v) is 16.4. The first-order valence-electron chi connectivity index (χ1n) is 9.03. The van der Waals surface area contributed by atoms with Crippen molar-refractivity contribution in [2.24, 2.45) is 0 Å². The standard InChI is InChI=1S/C20H25N3O3S/c1-15-14-16(20(24)21-17-10-12-23(2)13-11-17)8-9-19(15)22-27(25,26)18-6-4-3-5-7-18/h3-9,14,17,22H,10-13H2,1-2H3,(H,21,24). The first-order valence-corrected chi connectivity index (χ1v) is 10.5. The molecule has 3 rings (SSSR count). The maximum atomic E-state index is 12.5. The van der Waals surface area contributed by atoms with Crippen molar-refractivity contribution in [3.8, 4) is 0 Å². The Hall–Kier alpha value is -2.38. The van der Waals surface area contributed by atoms with Gasteiger partial charge in [-0.05, 0) is 75.8 Å². The molecular formula is C20H25N3O3S. The normalized spacial score (nSPS) is 16.1. The summed E-state index contributed by atoms with van der Waals surface area (Å²) >= 11 is 0. The molecule has 0 atom stereocenters. The molecule has 7 heteroatoms. The molecule has 0 spiro atoms. The molecule has 27 heavy (non-hydrogen) atoms. The van der Waals surface area contributed by atoms with Crippen LogP contribution in [0.15, 0.2) is 53.4 Å². The number of rotatable bonds is 5. The quantitative estimate of drug-likeness (QED) is 0.827. The maximum Gasteiger partial charge on any atom is 0.261 e. The molecule has 0 aromatic heterocycles. The highest BCUT2D eigenvalue weighted by molar-refractivity contribution is 7.92. The van der Waals surface area contributed by atoms with Gasteiger partial charge in [0.25, 0.3) is 15.9 Å². The largest absolute Gasteiger partial charge is 0.349 e. The van der Waals surface area contributed by atoms with Gasteiger partial charge in [0.2, 0.25) is 0 Å². The molecule has 1 heterocycles. The Kier molecular flexibility index (Phi) is 5.82. The highest BCUT2D eigenvalue weighted by atomic mass is 32.2. The van der Waals surface area contributed by atoms with E-state index in [2.05, 4.69) is 22.0 Å². The molecule has 0 unspecified atom stereocenters. The number of carbonyl (C=O) groups is 1. The number of sulfonamides is 1. The molecule has 1 aliphatic heterocycles. The van der Waals surface area contributed by atoms with Crippen LogP contribution in [0.1, 0.15) is 28.8 Å². The van der Waals surface area contributed by atoms with E-state index in [-0.39, 0.29) is 16.8 Å². The lowest BCUT2D eigenvalue weighted by Gasteiger charge is -2.29. The van der Waals surface area contributed by atoms with Gasteiger partial charge in [0.1, 0.15) is 0 Å². The first-order chi connectivity index (χ1) is 12.8. The molecule has 0 saturated carbocycles. The van der Waals surface area contributed by atoms with E-state index < -0.39 is 10.0 Å². The molecule has 1 fully saturated rings. The Balaban J connectivity index is 1.69. The molecule has 0 bridgehead atoms. The summed E-state index contributed by atoms with van der Waals surface area (Å²) < 4.78 is 27.5. The van der Waals surface area contributed by atoms with E-state index in [0.717, 1.165) is 25.9 Å². The summed E-state index contributed by atoms with van der Waals surface area (Å²) in [5, 5.41) is 3.07. The van der Waals surface area contributed by atoms with E-state index in [0.29, 0.717) is 16.8 Å². The van der Waals surface area contributed by atoms with E-state index in [1.165, 1.54) is 0 Å². The van der Waals surface area contributed by atoms with Crippen molar-refractivity contribution in [3.05, 3.63) is 59.7 Å². The Morgan fingerprint density at radius 1 is 1.07 bits per heavy atom.